The summed E-state index contributed by atoms with van der Waals surface area (Å²) in [4.78, 5) is 2.51. The van der Waals surface area contributed by atoms with E-state index in [1.807, 2.05) is 6.07 Å². The molecule has 1 saturated heterocycles. The topological polar surface area (TPSA) is 23.5 Å². The minimum atomic E-state index is 0.188. The number of likely N-dealkylation sites (tertiary alicyclic amines) is 1. The van der Waals surface area contributed by atoms with Gasteiger partial charge in [-0.1, -0.05) is 36.0 Å². The Kier molecular flexibility index (Phi) is 4.44. The fraction of sp³-hybridized carbons (Fsp3) is 0.625. The van der Waals surface area contributed by atoms with E-state index in [9.17, 15) is 5.11 Å². The summed E-state index contributed by atoms with van der Waals surface area (Å²) >= 11 is 12.1. The van der Waals surface area contributed by atoms with Gasteiger partial charge in [-0.15, -0.1) is 0 Å². The predicted molar refractivity (Wildman–Crippen MR) is 83.5 cm³/mol. The maximum Gasteiger partial charge on any atom is 0.138 e. The van der Waals surface area contributed by atoms with Crippen LogP contribution in [0.25, 0.3) is 0 Å². The number of halogens is 2. The van der Waals surface area contributed by atoms with Gasteiger partial charge in [0.1, 0.15) is 5.75 Å². The molecule has 3 rings (SSSR count). The summed E-state index contributed by atoms with van der Waals surface area (Å²) in [5.74, 6) is 1.03. The molecule has 1 atom stereocenters. The highest BCUT2D eigenvalue weighted by Gasteiger charge is 2.33. The molecule has 1 aliphatic heterocycles. The van der Waals surface area contributed by atoms with Crippen molar-refractivity contribution in [2.75, 3.05) is 6.54 Å². The molecule has 2 nitrogen and oxygen atoms in total. The molecule has 0 radical (unpaired) electrons. The second-order valence-corrected chi connectivity index (χ2v) is 6.96. The third-order valence-corrected chi connectivity index (χ3v) is 5.35. The third kappa shape index (κ3) is 2.93. The molecule has 2 aliphatic rings. The van der Waals surface area contributed by atoms with Crippen molar-refractivity contribution in [3.05, 3.63) is 27.7 Å². The molecule has 0 aromatic heterocycles. The average molecular weight is 314 g/mol. The Morgan fingerprint density at radius 3 is 2.60 bits per heavy atom. The van der Waals surface area contributed by atoms with Crippen molar-refractivity contribution < 1.29 is 5.11 Å². The summed E-state index contributed by atoms with van der Waals surface area (Å²) in [5, 5.41) is 11.1. The summed E-state index contributed by atoms with van der Waals surface area (Å²) in [6.45, 7) is 1.87. The van der Waals surface area contributed by atoms with Crippen LogP contribution in [0.15, 0.2) is 12.1 Å². The number of hydrogen-bond donors (Lipinski definition) is 1. The van der Waals surface area contributed by atoms with Crippen LogP contribution < -0.4 is 0 Å². The summed E-state index contributed by atoms with van der Waals surface area (Å²) in [7, 11) is 0. The predicted octanol–water partition coefficient (Wildman–Crippen LogP) is 4.85. The molecule has 0 bridgehead atoms. The summed E-state index contributed by atoms with van der Waals surface area (Å²) in [5.41, 5.74) is 0.854. The van der Waals surface area contributed by atoms with Gasteiger partial charge >= 0.3 is 0 Å². The van der Waals surface area contributed by atoms with Crippen molar-refractivity contribution in [3.8, 4) is 5.75 Å². The molecule has 110 valence electrons. The number of nitrogens with zero attached hydrogens (tertiary/aromatic N) is 1. The zero-order chi connectivity index (χ0) is 14.1. The molecule has 1 aliphatic carbocycles. The second-order valence-electron chi connectivity index (χ2n) is 6.12. The summed E-state index contributed by atoms with van der Waals surface area (Å²) in [6, 6.07) is 4.11. The Labute approximate surface area is 130 Å². The van der Waals surface area contributed by atoms with E-state index < -0.39 is 0 Å². The first-order valence-electron chi connectivity index (χ1n) is 7.56. The van der Waals surface area contributed by atoms with Crippen LogP contribution in [0.3, 0.4) is 0 Å². The summed E-state index contributed by atoms with van der Waals surface area (Å²) < 4.78 is 0. The minimum absolute atomic E-state index is 0.188. The monoisotopic (exact) mass is 313 g/mol. The van der Waals surface area contributed by atoms with Crippen molar-refractivity contribution in [2.45, 2.75) is 51.1 Å². The lowest BCUT2D eigenvalue weighted by molar-refractivity contribution is 0.181. The standard InChI is InChI=1S/C16H21Cl2NO/c17-13-8-12(16(20)14(18)9-13)10-19-7-3-6-15(19)11-4-1-2-5-11/h8-9,11,15,20H,1-7,10H2. The van der Waals surface area contributed by atoms with Crippen molar-refractivity contribution >= 4 is 23.2 Å². The van der Waals surface area contributed by atoms with Crippen LogP contribution in [0.1, 0.15) is 44.1 Å². The first-order chi connectivity index (χ1) is 9.65. The van der Waals surface area contributed by atoms with Crippen molar-refractivity contribution in [3.63, 3.8) is 0 Å². The Bertz CT molecular complexity index is 486. The molecule has 0 amide bonds. The summed E-state index contributed by atoms with van der Waals surface area (Å²) in [6.07, 6.45) is 8.04. The first-order valence-corrected chi connectivity index (χ1v) is 8.31. The molecule has 1 unspecified atom stereocenters. The van der Waals surface area contributed by atoms with Crippen molar-refractivity contribution in [1.29, 1.82) is 0 Å². The Morgan fingerprint density at radius 1 is 1.10 bits per heavy atom. The molecule has 1 aromatic carbocycles. The largest absolute Gasteiger partial charge is 0.506 e. The number of phenols is 1. The van der Waals surface area contributed by atoms with Gasteiger partial charge in [0.25, 0.3) is 0 Å². The maximum atomic E-state index is 10.1. The van der Waals surface area contributed by atoms with E-state index in [0.29, 0.717) is 16.1 Å². The number of benzene rings is 1. The fourth-order valence-electron chi connectivity index (χ4n) is 3.88. The molecule has 1 saturated carbocycles. The third-order valence-electron chi connectivity index (χ3n) is 4.84. The molecule has 1 N–H and O–H groups in total. The molecule has 1 heterocycles. The van der Waals surface area contributed by atoms with Gasteiger partial charge < -0.3 is 5.11 Å². The van der Waals surface area contributed by atoms with Crippen LogP contribution in [0.2, 0.25) is 10.0 Å². The number of rotatable bonds is 3. The molecule has 2 fully saturated rings. The zero-order valence-electron chi connectivity index (χ0n) is 11.6. The first kappa shape index (κ1) is 14.5. The highest BCUT2D eigenvalue weighted by molar-refractivity contribution is 6.35. The van der Waals surface area contributed by atoms with Gasteiger partial charge in [-0.3, -0.25) is 4.90 Å². The molecular weight excluding hydrogens is 293 g/mol. The smallest absolute Gasteiger partial charge is 0.138 e. The van der Waals surface area contributed by atoms with Crippen LogP contribution >= 0.6 is 23.2 Å². The van der Waals surface area contributed by atoms with Gasteiger partial charge in [-0.05, 0) is 50.3 Å². The molecule has 20 heavy (non-hydrogen) atoms. The quantitative estimate of drug-likeness (QED) is 0.862. The Morgan fingerprint density at radius 2 is 1.85 bits per heavy atom. The van der Waals surface area contributed by atoms with Crippen LogP contribution in [-0.4, -0.2) is 22.6 Å². The van der Waals surface area contributed by atoms with Crippen LogP contribution in [0, 0.1) is 5.92 Å². The molecular formula is C16H21Cl2NO. The Balaban J connectivity index is 1.76. The minimum Gasteiger partial charge on any atom is -0.506 e. The van der Waals surface area contributed by atoms with E-state index in [2.05, 4.69) is 4.90 Å². The van der Waals surface area contributed by atoms with E-state index in [1.165, 1.54) is 38.5 Å². The lowest BCUT2D eigenvalue weighted by atomic mass is 9.95. The average Bonchev–Trinajstić information content (AvgIpc) is 3.05. The van der Waals surface area contributed by atoms with Gasteiger partial charge in [-0.2, -0.15) is 0 Å². The number of aromatic hydroxyl groups is 1. The fourth-order valence-corrected chi connectivity index (χ4v) is 4.42. The molecule has 1 aromatic rings. The van der Waals surface area contributed by atoms with E-state index in [1.54, 1.807) is 6.07 Å². The van der Waals surface area contributed by atoms with Crippen molar-refractivity contribution in [1.82, 2.24) is 4.90 Å². The number of phenolic OH excluding ortho intramolecular Hbond substituents is 1. The van der Waals surface area contributed by atoms with Crippen LogP contribution in [0.5, 0.6) is 5.75 Å². The van der Waals surface area contributed by atoms with Gasteiger partial charge in [0, 0.05) is 23.2 Å². The van der Waals surface area contributed by atoms with Crippen molar-refractivity contribution in [2.24, 2.45) is 5.92 Å². The van der Waals surface area contributed by atoms with E-state index in [4.69, 9.17) is 23.2 Å². The van der Waals surface area contributed by atoms with Crippen LogP contribution in [-0.2, 0) is 6.54 Å². The van der Waals surface area contributed by atoms with E-state index in [0.717, 1.165) is 24.6 Å². The van der Waals surface area contributed by atoms with E-state index in [-0.39, 0.29) is 5.75 Å². The lowest BCUT2D eigenvalue weighted by Crippen LogP contribution is -2.34. The van der Waals surface area contributed by atoms with Gasteiger partial charge in [0.05, 0.1) is 5.02 Å². The second kappa shape index (κ2) is 6.13. The highest BCUT2D eigenvalue weighted by atomic mass is 35.5. The van der Waals surface area contributed by atoms with E-state index >= 15 is 0 Å². The van der Waals surface area contributed by atoms with Crippen LogP contribution in [0.4, 0.5) is 0 Å². The van der Waals surface area contributed by atoms with Gasteiger partial charge in [0.2, 0.25) is 0 Å². The molecule has 0 spiro atoms. The van der Waals surface area contributed by atoms with Gasteiger partial charge in [-0.25, -0.2) is 0 Å². The normalized spacial score (nSPS) is 24.6. The Hall–Kier alpha value is -0.440. The maximum absolute atomic E-state index is 10.1. The SMILES string of the molecule is Oc1c(Cl)cc(Cl)cc1CN1CCCC1C1CCCC1. The lowest BCUT2D eigenvalue weighted by Gasteiger charge is -2.29. The van der Waals surface area contributed by atoms with Gasteiger partial charge in [0.15, 0.2) is 0 Å². The zero-order valence-corrected chi connectivity index (χ0v) is 13.1. The number of hydrogen-bond acceptors (Lipinski definition) is 2. The molecule has 4 heteroatoms. The highest BCUT2D eigenvalue weighted by Crippen LogP contribution is 2.38.